The molecule has 1 atom stereocenters. The number of aromatic nitrogens is 3. The molecule has 136 valence electrons. The average Bonchev–Trinajstić information content (AvgIpc) is 3.15. The first kappa shape index (κ1) is 18.0. The third kappa shape index (κ3) is 3.89. The van der Waals surface area contributed by atoms with E-state index < -0.39 is 5.60 Å². The van der Waals surface area contributed by atoms with Crippen molar-refractivity contribution in [3.8, 4) is 5.75 Å². The zero-order chi connectivity index (χ0) is 18.2. The topological polar surface area (TPSA) is 69.5 Å². The maximum absolute atomic E-state index is 12.2. The molecule has 2 aromatic rings. The molecule has 0 aliphatic carbocycles. The van der Waals surface area contributed by atoms with Crippen LogP contribution < -0.4 is 4.74 Å². The van der Waals surface area contributed by atoms with Crippen molar-refractivity contribution in [2.24, 2.45) is 5.92 Å². The molecule has 1 aliphatic rings. The maximum Gasteiger partial charge on any atom is 0.410 e. The highest BCUT2D eigenvalue weighted by molar-refractivity contribution is 9.10. The first-order chi connectivity index (χ1) is 11.8. The molecule has 0 spiro atoms. The Balaban J connectivity index is 1.72. The van der Waals surface area contributed by atoms with E-state index >= 15 is 0 Å². The first-order valence-corrected chi connectivity index (χ1v) is 9.11. The van der Waals surface area contributed by atoms with Crippen molar-refractivity contribution < 1.29 is 14.3 Å². The second-order valence-electron chi connectivity index (χ2n) is 7.30. The van der Waals surface area contributed by atoms with E-state index in [1.54, 1.807) is 12.0 Å². The van der Waals surface area contributed by atoms with Gasteiger partial charge in [-0.15, -0.1) is 5.10 Å². The van der Waals surface area contributed by atoms with Crippen LogP contribution in [-0.4, -0.2) is 51.8 Å². The predicted octanol–water partition coefficient (Wildman–Crippen LogP) is 3.46. The molecule has 2 heterocycles. The third-order valence-electron chi connectivity index (χ3n) is 4.16. The van der Waals surface area contributed by atoms with E-state index in [-0.39, 0.29) is 6.09 Å². The normalized spacial score (nSPS) is 18.0. The molecular formula is C17H23BrN4O3. The van der Waals surface area contributed by atoms with Gasteiger partial charge >= 0.3 is 6.09 Å². The number of methoxy groups -OCH3 is 1. The minimum Gasteiger partial charge on any atom is -0.494 e. The molecule has 0 radical (unpaired) electrons. The van der Waals surface area contributed by atoms with Gasteiger partial charge in [0, 0.05) is 24.1 Å². The molecule has 1 saturated heterocycles. The number of fused-ring (bicyclic) bond motifs is 1. The highest BCUT2D eigenvalue weighted by atomic mass is 79.9. The van der Waals surface area contributed by atoms with E-state index in [1.165, 1.54) is 0 Å². The lowest BCUT2D eigenvalue weighted by Gasteiger charge is -2.24. The Morgan fingerprint density at radius 1 is 1.40 bits per heavy atom. The lowest BCUT2D eigenvalue weighted by molar-refractivity contribution is 0.0287. The van der Waals surface area contributed by atoms with Gasteiger partial charge in [0.2, 0.25) is 0 Å². The second kappa shape index (κ2) is 6.82. The number of amides is 1. The van der Waals surface area contributed by atoms with Gasteiger partial charge in [-0.2, -0.15) is 0 Å². The summed E-state index contributed by atoms with van der Waals surface area (Å²) in [6.45, 7) is 7.71. The monoisotopic (exact) mass is 410 g/mol. The van der Waals surface area contributed by atoms with Crippen LogP contribution in [0.1, 0.15) is 27.2 Å². The molecule has 7 nitrogen and oxygen atoms in total. The van der Waals surface area contributed by atoms with Crippen molar-refractivity contribution in [2.45, 2.75) is 39.3 Å². The molecular weight excluding hydrogens is 388 g/mol. The summed E-state index contributed by atoms with van der Waals surface area (Å²) >= 11 is 3.57. The van der Waals surface area contributed by atoms with Crippen molar-refractivity contribution in [2.75, 3.05) is 20.2 Å². The summed E-state index contributed by atoms with van der Waals surface area (Å²) in [5.74, 6) is 1.02. The summed E-state index contributed by atoms with van der Waals surface area (Å²) in [6.07, 6.45) is 0.670. The fraction of sp³-hybridized carbons (Fsp3) is 0.588. The number of nitrogens with zero attached hydrogens (tertiary/aromatic N) is 4. The summed E-state index contributed by atoms with van der Waals surface area (Å²) in [7, 11) is 1.62. The van der Waals surface area contributed by atoms with E-state index in [2.05, 4.69) is 26.2 Å². The second-order valence-corrected chi connectivity index (χ2v) is 8.15. The van der Waals surface area contributed by atoms with Crippen molar-refractivity contribution in [1.82, 2.24) is 19.9 Å². The van der Waals surface area contributed by atoms with Gasteiger partial charge in [0.1, 0.15) is 16.9 Å². The molecule has 1 aliphatic heterocycles. The number of hydrogen-bond donors (Lipinski definition) is 0. The summed E-state index contributed by atoms with van der Waals surface area (Å²) in [6, 6.07) is 3.80. The number of halogens is 1. The van der Waals surface area contributed by atoms with Crippen LogP contribution in [0.15, 0.2) is 16.6 Å². The predicted molar refractivity (Wildman–Crippen MR) is 97.7 cm³/mol. The number of likely N-dealkylation sites (tertiary alicyclic amines) is 1. The van der Waals surface area contributed by atoms with Crippen molar-refractivity contribution in [3.63, 3.8) is 0 Å². The largest absolute Gasteiger partial charge is 0.494 e. The summed E-state index contributed by atoms with van der Waals surface area (Å²) in [5, 5.41) is 8.53. The van der Waals surface area contributed by atoms with Gasteiger partial charge in [-0.3, -0.25) is 0 Å². The summed E-state index contributed by atoms with van der Waals surface area (Å²) in [5.41, 5.74) is 1.17. The molecule has 25 heavy (non-hydrogen) atoms. The van der Waals surface area contributed by atoms with Gasteiger partial charge in [-0.1, -0.05) is 5.21 Å². The zero-order valence-corrected chi connectivity index (χ0v) is 16.5. The van der Waals surface area contributed by atoms with Gasteiger partial charge in [-0.05, 0) is 61.2 Å². The smallest absolute Gasteiger partial charge is 0.410 e. The summed E-state index contributed by atoms with van der Waals surface area (Å²) < 4.78 is 13.6. The molecule has 0 saturated carbocycles. The van der Waals surface area contributed by atoms with Gasteiger partial charge in [0.15, 0.2) is 5.52 Å². The van der Waals surface area contributed by atoms with Gasteiger partial charge in [0.25, 0.3) is 0 Å². The highest BCUT2D eigenvalue weighted by Gasteiger charge is 2.30. The number of carbonyl (C=O) groups is 1. The molecule has 0 bridgehead atoms. The number of benzene rings is 1. The number of ether oxygens (including phenoxy) is 2. The molecule has 0 N–H and O–H groups in total. The summed E-state index contributed by atoms with van der Waals surface area (Å²) in [4.78, 5) is 14.0. The molecule has 1 unspecified atom stereocenters. The Morgan fingerprint density at radius 3 is 2.84 bits per heavy atom. The minimum atomic E-state index is -0.474. The van der Waals surface area contributed by atoms with E-state index in [0.29, 0.717) is 31.3 Å². The van der Waals surface area contributed by atoms with E-state index in [0.717, 1.165) is 21.9 Å². The molecule has 1 aromatic carbocycles. The molecule has 1 amide bonds. The van der Waals surface area contributed by atoms with E-state index in [4.69, 9.17) is 9.47 Å². The number of rotatable bonds is 3. The Kier molecular flexibility index (Phi) is 4.90. The van der Waals surface area contributed by atoms with E-state index in [1.807, 2.05) is 37.6 Å². The van der Waals surface area contributed by atoms with Crippen LogP contribution >= 0.6 is 15.9 Å². The van der Waals surface area contributed by atoms with Gasteiger partial charge in [-0.25, -0.2) is 9.48 Å². The van der Waals surface area contributed by atoms with Gasteiger partial charge in [0.05, 0.1) is 7.11 Å². The third-order valence-corrected chi connectivity index (χ3v) is 4.80. The van der Waals surface area contributed by atoms with Crippen LogP contribution in [0.5, 0.6) is 5.75 Å². The Hall–Kier alpha value is -1.83. The Morgan fingerprint density at radius 2 is 2.16 bits per heavy atom. The average molecular weight is 411 g/mol. The SMILES string of the molecule is COc1ccc(Br)c2c1nnn2CC1CCN(C(=O)OC(C)(C)C)C1. The van der Waals surface area contributed by atoms with Crippen LogP contribution in [0.3, 0.4) is 0 Å². The van der Waals surface area contributed by atoms with Crippen LogP contribution in [-0.2, 0) is 11.3 Å². The van der Waals surface area contributed by atoms with Crippen LogP contribution in [0.4, 0.5) is 4.79 Å². The lowest BCUT2D eigenvalue weighted by atomic mass is 10.1. The number of hydrogen-bond acceptors (Lipinski definition) is 5. The first-order valence-electron chi connectivity index (χ1n) is 8.32. The fourth-order valence-electron chi connectivity index (χ4n) is 3.03. The highest BCUT2D eigenvalue weighted by Crippen LogP contribution is 2.31. The van der Waals surface area contributed by atoms with Crippen LogP contribution in [0.2, 0.25) is 0 Å². The quantitative estimate of drug-likeness (QED) is 0.774. The van der Waals surface area contributed by atoms with Crippen molar-refractivity contribution >= 4 is 33.1 Å². The standard InChI is InChI=1S/C17H23BrN4O3/c1-17(2,3)25-16(23)21-8-7-11(9-21)10-22-15-12(18)5-6-13(24-4)14(15)19-20-22/h5-6,11H,7-10H2,1-4H3. The Labute approximate surface area is 155 Å². The minimum absolute atomic E-state index is 0.249. The molecule has 1 aromatic heterocycles. The fourth-order valence-corrected chi connectivity index (χ4v) is 3.56. The van der Waals surface area contributed by atoms with Crippen molar-refractivity contribution in [3.05, 3.63) is 16.6 Å². The lowest BCUT2D eigenvalue weighted by Crippen LogP contribution is -2.35. The molecule has 8 heteroatoms. The number of carbonyl (C=O) groups excluding carboxylic acids is 1. The zero-order valence-electron chi connectivity index (χ0n) is 15.0. The maximum atomic E-state index is 12.2. The van der Waals surface area contributed by atoms with Crippen LogP contribution in [0.25, 0.3) is 11.0 Å². The van der Waals surface area contributed by atoms with Gasteiger partial charge < -0.3 is 14.4 Å². The van der Waals surface area contributed by atoms with Crippen LogP contribution in [0, 0.1) is 5.92 Å². The van der Waals surface area contributed by atoms with Crippen molar-refractivity contribution in [1.29, 1.82) is 0 Å². The molecule has 3 rings (SSSR count). The van der Waals surface area contributed by atoms with E-state index in [9.17, 15) is 4.79 Å². The Bertz CT molecular complexity index is 784. The molecule has 1 fully saturated rings.